The Hall–Kier alpha value is -1.92. The van der Waals surface area contributed by atoms with Crippen molar-refractivity contribution in [2.75, 3.05) is 40.3 Å². The van der Waals surface area contributed by atoms with Crippen LogP contribution in [-0.2, 0) is 16.1 Å². The Labute approximate surface area is 144 Å². The van der Waals surface area contributed by atoms with Crippen LogP contribution >= 0.6 is 0 Å². The van der Waals surface area contributed by atoms with Crippen LogP contribution in [0, 0.1) is 0 Å². The van der Waals surface area contributed by atoms with Crippen LogP contribution < -0.4 is 10.6 Å². The molecular weight excluding hydrogens is 304 g/mol. The molecule has 2 amide bonds. The van der Waals surface area contributed by atoms with Crippen LogP contribution in [0.1, 0.15) is 18.4 Å². The second-order valence-corrected chi connectivity index (χ2v) is 6.45. The quantitative estimate of drug-likeness (QED) is 0.761. The lowest BCUT2D eigenvalue weighted by Crippen LogP contribution is -2.48. The molecule has 2 rings (SSSR count). The fourth-order valence-corrected chi connectivity index (χ4v) is 2.99. The highest BCUT2D eigenvalue weighted by Gasteiger charge is 2.22. The number of likely N-dealkylation sites (tertiary alicyclic amines) is 1. The third kappa shape index (κ3) is 6.29. The van der Waals surface area contributed by atoms with E-state index in [9.17, 15) is 9.59 Å². The lowest BCUT2D eigenvalue weighted by atomic mass is 10.0. The predicted molar refractivity (Wildman–Crippen MR) is 94.4 cm³/mol. The van der Waals surface area contributed by atoms with Gasteiger partial charge in [0.2, 0.25) is 11.8 Å². The molecule has 1 aliphatic heterocycles. The number of benzene rings is 1. The van der Waals surface area contributed by atoms with Crippen molar-refractivity contribution >= 4 is 11.8 Å². The van der Waals surface area contributed by atoms with Crippen molar-refractivity contribution in [3.63, 3.8) is 0 Å². The van der Waals surface area contributed by atoms with Crippen LogP contribution in [0.3, 0.4) is 0 Å². The second kappa shape index (κ2) is 9.39. The maximum absolute atomic E-state index is 12.2. The van der Waals surface area contributed by atoms with Crippen molar-refractivity contribution < 1.29 is 9.59 Å². The first-order valence-corrected chi connectivity index (χ1v) is 8.51. The number of carbonyl (C=O) groups excluding carboxylic acids is 2. The zero-order valence-corrected chi connectivity index (χ0v) is 14.6. The van der Waals surface area contributed by atoms with Gasteiger partial charge in [-0.25, -0.2) is 0 Å². The van der Waals surface area contributed by atoms with Gasteiger partial charge in [0, 0.05) is 32.7 Å². The summed E-state index contributed by atoms with van der Waals surface area (Å²) in [6, 6.07) is 10.4. The van der Waals surface area contributed by atoms with E-state index in [2.05, 4.69) is 27.7 Å². The van der Waals surface area contributed by atoms with E-state index in [1.807, 2.05) is 30.1 Å². The summed E-state index contributed by atoms with van der Waals surface area (Å²) in [6.07, 6.45) is 1.79. The first-order chi connectivity index (χ1) is 11.6. The highest BCUT2D eigenvalue weighted by molar-refractivity contribution is 5.78. The highest BCUT2D eigenvalue weighted by atomic mass is 16.2. The van der Waals surface area contributed by atoms with Crippen molar-refractivity contribution in [3.05, 3.63) is 35.9 Å². The molecule has 1 fully saturated rings. The van der Waals surface area contributed by atoms with Gasteiger partial charge in [-0.15, -0.1) is 0 Å². The average Bonchev–Trinajstić information content (AvgIpc) is 2.57. The zero-order chi connectivity index (χ0) is 17.4. The van der Waals surface area contributed by atoms with Crippen LogP contribution in [0.4, 0.5) is 0 Å². The van der Waals surface area contributed by atoms with Crippen LogP contribution in [0.15, 0.2) is 30.3 Å². The minimum absolute atomic E-state index is 0.0417. The number of piperidine rings is 1. The highest BCUT2D eigenvalue weighted by Crippen LogP contribution is 2.10. The molecule has 2 N–H and O–H groups in total. The van der Waals surface area contributed by atoms with Gasteiger partial charge in [-0.2, -0.15) is 0 Å². The van der Waals surface area contributed by atoms with Gasteiger partial charge < -0.3 is 10.6 Å². The molecule has 1 aliphatic rings. The molecule has 1 aromatic rings. The number of amides is 2. The smallest absolute Gasteiger partial charge is 0.234 e. The number of rotatable bonds is 7. The van der Waals surface area contributed by atoms with E-state index in [-0.39, 0.29) is 17.9 Å². The van der Waals surface area contributed by atoms with Gasteiger partial charge in [0.25, 0.3) is 0 Å². The summed E-state index contributed by atoms with van der Waals surface area (Å²) < 4.78 is 0. The summed E-state index contributed by atoms with van der Waals surface area (Å²) in [5.41, 5.74) is 1.20. The predicted octanol–water partition coefficient (Wildman–Crippen LogP) is 0.445. The fourth-order valence-electron chi connectivity index (χ4n) is 2.99. The molecule has 6 heteroatoms. The molecule has 132 valence electrons. The first-order valence-electron chi connectivity index (χ1n) is 8.51. The Bertz CT molecular complexity index is 527. The third-order valence-corrected chi connectivity index (χ3v) is 4.31. The number of likely N-dealkylation sites (N-methyl/N-ethyl adjacent to an activating group) is 2. The summed E-state index contributed by atoms with van der Waals surface area (Å²) in [5, 5.41) is 5.76. The Kier molecular flexibility index (Phi) is 7.21. The van der Waals surface area contributed by atoms with Crippen molar-refractivity contribution in [1.82, 2.24) is 20.4 Å². The summed E-state index contributed by atoms with van der Waals surface area (Å²) in [5.74, 6) is 0.109. The molecule has 24 heavy (non-hydrogen) atoms. The monoisotopic (exact) mass is 332 g/mol. The molecule has 6 nitrogen and oxygen atoms in total. The van der Waals surface area contributed by atoms with E-state index in [0.29, 0.717) is 13.1 Å². The van der Waals surface area contributed by atoms with Gasteiger partial charge in [-0.3, -0.25) is 19.4 Å². The molecule has 0 unspecified atom stereocenters. The Balaban J connectivity index is 1.67. The number of hydrogen-bond acceptors (Lipinski definition) is 4. The SMILES string of the molecule is CNC(=O)CN1CCC(NC(=O)CN(C)Cc2ccccc2)CC1. The van der Waals surface area contributed by atoms with E-state index in [0.717, 1.165) is 32.5 Å². The number of nitrogens with one attached hydrogen (secondary N) is 2. The minimum Gasteiger partial charge on any atom is -0.358 e. The topological polar surface area (TPSA) is 64.7 Å². The molecular formula is C18H28N4O2. The lowest BCUT2D eigenvalue weighted by molar-refractivity contribution is -0.124. The van der Waals surface area contributed by atoms with Crippen LogP contribution in [-0.4, -0.2) is 67.9 Å². The molecule has 0 bridgehead atoms. The number of carbonyl (C=O) groups is 2. The van der Waals surface area contributed by atoms with E-state index in [4.69, 9.17) is 0 Å². The normalized spacial score (nSPS) is 16.1. The van der Waals surface area contributed by atoms with Gasteiger partial charge in [0.15, 0.2) is 0 Å². The van der Waals surface area contributed by atoms with Crippen LogP contribution in [0.25, 0.3) is 0 Å². The summed E-state index contributed by atoms with van der Waals surface area (Å²) in [7, 11) is 3.61. The maximum Gasteiger partial charge on any atom is 0.234 e. The van der Waals surface area contributed by atoms with Crippen molar-refractivity contribution in [2.45, 2.75) is 25.4 Å². The molecule has 0 spiro atoms. The molecule has 0 aromatic heterocycles. The molecule has 1 saturated heterocycles. The van der Waals surface area contributed by atoms with Gasteiger partial charge in [0.1, 0.15) is 0 Å². The maximum atomic E-state index is 12.2. The molecule has 1 heterocycles. The van der Waals surface area contributed by atoms with E-state index in [1.165, 1.54) is 5.56 Å². The van der Waals surface area contributed by atoms with Crippen LogP contribution in [0.2, 0.25) is 0 Å². The third-order valence-electron chi connectivity index (χ3n) is 4.31. The Morgan fingerprint density at radius 3 is 2.46 bits per heavy atom. The summed E-state index contributed by atoms with van der Waals surface area (Å²) in [4.78, 5) is 27.7. The van der Waals surface area contributed by atoms with E-state index < -0.39 is 0 Å². The molecule has 1 aromatic carbocycles. The molecule has 0 saturated carbocycles. The van der Waals surface area contributed by atoms with Gasteiger partial charge in [0.05, 0.1) is 13.1 Å². The molecule has 0 radical (unpaired) electrons. The Morgan fingerprint density at radius 1 is 1.17 bits per heavy atom. The minimum atomic E-state index is 0.0417. The average molecular weight is 332 g/mol. The second-order valence-electron chi connectivity index (χ2n) is 6.45. The molecule has 0 atom stereocenters. The molecule has 0 aliphatic carbocycles. The fraction of sp³-hybridized carbons (Fsp3) is 0.556. The van der Waals surface area contributed by atoms with Gasteiger partial charge in [-0.05, 0) is 25.5 Å². The summed E-state index contributed by atoms with van der Waals surface area (Å²) >= 11 is 0. The van der Waals surface area contributed by atoms with Gasteiger partial charge >= 0.3 is 0 Å². The van der Waals surface area contributed by atoms with E-state index in [1.54, 1.807) is 7.05 Å². The largest absolute Gasteiger partial charge is 0.358 e. The lowest BCUT2D eigenvalue weighted by Gasteiger charge is -2.32. The van der Waals surface area contributed by atoms with Gasteiger partial charge in [-0.1, -0.05) is 30.3 Å². The standard InChI is InChI=1S/C18H28N4O2/c1-19-17(23)14-22-10-8-16(9-11-22)20-18(24)13-21(2)12-15-6-4-3-5-7-15/h3-7,16H,8-14H2,1-2H3,(H,19,23)(H,20,24). The van der Waals surface area contributed by atoms with Crippen molar-refractivity contribution in [3.8, 4) is 0 Å². The first kappa shape index (κ1) is 18.4. The Morgan fingerprint density at radius 2 is 1.83 bits per heavy atom. The van der Waals surface area contributed by atoms with E-state index >= 15 is 0 Å². The summed E-state index contributed by atoms with van der Waals surface area (Å²) in [6.45, 7) is 3.29. The number of hydrogen-bond donors (Lipinski definition) is 2. The van der Waals surface area contributed by atoms with Crippen molar-refractivity contribution in [1.29, 1.82) is 0 Å². The van der Waals surface area contributed by atoms with Crippen molar-refractivity contribution in [2.24, 2.45) is 0 Å². The number of nitrogens with zero attached hydrogens (tertiary/aromatic N) is 2. The zero-order valence-electron chi connectivity index (χ0n) is 14.6. The van der Waals surface area contributed by atoms with Crippen LogP contribution in [0.5, 0.6) is 0 Å².